The number of halogens is 1. The number of carbonyl (C=O) groups is 2. The molecule has 1 atom stereocenters. The molecular formula is C30H30FNO6. The molecular weight excluding hydrogens is 489 g/mol. The van der Waals surface area contributed by atoms with Gasteiger partial charge in [0.05, 0.1) is 31.9 Å². The third kappa shape index (κ3) is 5.49. The van der Waals surface area contributed by atoms with Crippen LogP contribution in [0.2, 0.25) is 0 Å². The molecule has 198 valence electrons. The molecule has 0 saturated carbocycles. The Morgan fingerprint density at radius 2 is 1.61 bits per heavy atom. The highest BCUT2D eigenvalue weighted by Gasteiger charge is 2.45. The summed E-state index contributed by atoms with van der Waals surface area (Å²) in [5.74, 6) is -0.707. The molecule has 8 heteroatoms. The van der Waals surface area contributed by atoms with Crippen molar-refractivity contribution >= 4 is 17.4 Å². The second-order valence-electron chi connectivity index (χ2n) is 9.17. The van der Waals surface area contributed by atoms with Gasteiger partial charge in [0.1, 0.15) is 17.3 Å². The molecule has 1 heterocycles. The van der Waals surface area contributed by atoms with Crippen LogP contribution in [0.3, 0.4) is 0 Å². The molecule has 0 bridgehead atoms. The number of hydrogen-bond donors (Lipinski definition) is 1. The summed E-state index contributed by atoms with van der Waals surface area (Å²) in [7, 11) is 2.97. The van der Waals surface area contributed by atoms with Crippen LogP contribution in [-0.2, 0) is 16.0 Å². The summed E-state index contributed by atoms with van der Waals surface area (Å²) in [5.41, 5.74) is 1.73. The number of ether oxygens (including phenoxy) is 3. The standard InChI is InChI=1S/C30H30FNO6/c1-18(2)38-23-12-7-20(8-13-23)27-26(28(33)21-9-14-24(36-3)25(17-21)37-4)29(34)30(35)32(27)16-15-19-5-10-22(31)11-6-19/h5-14,17-18,27,33H,15-16H2,1-4H3/b28-26-. The van der Waals surface area contributed by atoms with Crippen LogP contribution in [0.25, 0.3) is 5.76 Å². The van der Waals surface area contributed by atoms with Crippen LogP contribution in [0.15, 0.2) is 72.3 Å². The van der Waals surface area contributed by atoms with Crippen molar-refractivity contribution in [3.05, 3.63) is 94.8 Å². The fourth-order valence-corrected chi connectivity index (χ4v) is 4.50. The molecule has 7 nitrogen and oxygen atoms in total. The Morgan fingerprint density at radius 1 is 0.947 bits per heavy atom. The number of Topliss-reactive ketones (excluding diaryl/α,β-unsaturated/α-hetero) is 1. The number of ketones is 1. The van der Waals surface area contributed by atoms with Gasteiger partial charge in [-0.25, -0.2) is 4.39 Å². The highest BCUT2D eigenvalue weighted by Crippen LogP contribution is 2.41. The molecule has 1 amide bonds. The summed E-state index contributed by atoms with van der Waals surface area (Å²) in [5, 5.41) is 11.3. The topological polar surface area (TPSA) is 85.3 Å². The largest absolute Gasteiger partial charge is 0.507 e. The summed E-state index contributed by atoms with van der Waals surface area (Å²) >= 11 is 0. The lowest BCUT2D eigenvalue weighted by atomic mass is 9.95. The van der Waals surface area contributed by atoms with Gasteiger partial charge in [-0.05, 0) is 73.9 Å². The van der Waals surface area contributed by atoms with Gasteiger partial charge in [0.15, 0.2) is 11.5 Å². The molecule has 0 aromatic heterocycles. The number of aliphatic hydroxyl groups excluding tert-OH is 1. The fraction of sp³-hybridized carbons (Fsp3) is 0.267. The molecule has 1 fully saturated rings. The number of rotatable bonds is 9. The predicted octanol–water partition coefficient (Wildman–Crippen LogP) is 5.29. The number of methoxy groups -OCH3 is 2. The van der Waals surface area contributed by atoms with Crippen molar-refractivity contribution in [1.82, 2.24) is 4.90 Å². The van der Waals surface area contributed by atoms with E-state index >= 15 is 0 Å². The van der Waals surface area contributed by atoms with Crippen molar-refractivity contribution < 1.29 is 33.3 Å². The van der Waals surface area contributed by atoms with E-state index in [1.54, 1.807) is 54.6 Å². The highest BCUT2D eigenvalue weighted by atomic mass is 19.1. The molecule has 1 aliphatic heterocycles. The molecule has 0 aliphatic carbocycles. The second-order valence-corrected chi connectivity index (χ2v) is 9.17. The van der Waals surface area contributed by atoms with Gasteiger partial charge in [0.25, 0.3) is 11.7 Å². The van der Waals surface area contributed by atoms with E-state index in [0.717, 1.165) is 5.56 Å². The molecule has 3 aromatic rings. The Labute approximate surface area is 221 Å². The lowest BCUT2D eigenvalue weighted by Crippen LogP contribution is -2.31. The predicted molar refractivity (Wildman–Crippen MR) is 141 cm³/mol. The first-order valence-corrected chi connectivity index (χ1v) is 12.2. The van der Waals surface area contributed by atoms with E-state index in [1.165, 1.54) is 31.3 Å². The van der Waals surface area contributed by atoms with Gasteiger partial charge in [0, 0.05) is 12.1 Å². The van der Waals surface area contributed by atoms with E-state index in [1.807, 2.05) is 13.8 Å². The summed E-state index contributed by atoms with van der Waals surface area (Å²) in [4.78, 5) is 28.0. The van der Waals surface area contributed by atoms with Crippen molar-refractivity contribution in [3.63, 3.8) is 0 Å². The average molecular weight is 520 g/mol. The molecule has 4 rings (SSSR count). The molecule has 38 heavy (non-hydrogen) atoms. The summed E-state index contributed by atoms with van der Waals surface area (Å²) < 4.78 is 29.7. The molecule has 3 aromatic carbocycles. The lowest BCUT2D eigenvalue weighted by molar-refractivity contribution is -0.139. The average Bonchev–Trinajstić information content (AvgIpc) is 3.17. The van der Waals surface area contributed by atoms with Crippen molar-refractivity contribution in [2.75, 3.05) is 20.8 Å². The zero-order valence-electron chi connectivity index (χ0n) is 21.7. The minimum absolute atomic E-state index is 0.0211. The van der Waals surface area contributed by atoms with Gasteiger partial charge >= 0.3 is 0 Å². The molecule has 0 spiro atoms. The Morgan fingerprint density at radius 3 is 2.21 bits per heavy atom. The number of benzene rings is 3. The fourth-order valence-electron chi connectivity index (χ4n) is 4.50. The maximum absolute atomic E-state index is 13.4. The zero-order valence-corrected chi connectivity index (χ0v) is 21.7. The van der Waals surface area contributed by atoms with Crippen LogP contribution in [-0.4, -0.2) is 48.6 Å². The van der Waals surface area contributed by atoms with Gasteiger partial charge in [-0.15, -0.1) is 0 Å². The normalized spacial score (nSPS) is 16.7. The van der Waals surface area contributed by atoms with Crippen LogP contribution in [0.1, 0.15) is 36.6 Å². The number of hydrogen-bond acceptors (Lipinski definition) is 6. The van der Waals surface area contributed by atoms with Gasteiger partial charge in [-0.2, -0.15) is 0 Å². The number of likely N-dealkylation sites (tertiary alicyclic amines) is 1. The first kappa shape index (κ1) is 26.7. The second kappa shape index (κ2) is 11.4. The van der Waals surface area contributed by atoms with Crippen molar-refractivity contribution in [2.45, 2.75) is 32.4 Å². The van der Waals surface area contributed by atoms with E-state index in [-0.39, 0.29) is 29.8 Å². The Kier molecular flexibility index (Phi) is 8.00. The monoisotopic (exact) mass is 519 g/mol. The van der Waals surface area contributed by atoms with E-state index in [2.05, 4.69) is 0 Å². The minimum Gasteiger partial charge on any atom is -0.507 e. The smallest absolute Gasteiger partial charge is 0.295 e. The first-order valence-electron chi connectivity index (χ1n) is 12.2. The molecule has 1 aliphatic rings. The van der Waals surface area contributed by atoms with Crippen molar-refractivity contribution in [3.8, 4) is 17.2 Å². The number of carbonyl (C=O) groups excluding carboxylic acids is 2. The minimum atomic E-state index is -0.836. The third-order valence-corrected chi connectivity index (χ3v) is 6.32. The Hall–Kier alpha value is -4.33. The molecule has 1 unspecified atom stereocenters. The maximum atomic E-state index is 13.4. The van der Waals surface area contributed by atoms with Gasteiger partial charge in [-0.3, -0.25) is 9.59 Å². The van der Waals surface area contributed by atoms with Crippen molar-refractivity contribution in [2.24, 2.45) is 0 Å². The maximum Gasteiger partial charge on any atom is 0.295 e. The van der Waals surface area contributed by atoms with Gasteiger partial charge in [-0.1, -0.05) is 24.3 Å². The van der Waals surface area contributed by atoms with Gasteiger partial charge < -0.3 is 24.2 Å². The van der Waals surface area contributed by atoms with Crippen LogP contribution >= 0.6 is 0 Å². The summed E-state index contributed by atoms with van der Waals surface area (Å²) in [6.07, 6.45) is 0.376. The molecule has 0 radical (unpaired) electrons. The summed E-state index contributed by atoms with van der Waals surface area (Å²) in [6.45, 7) is 4.02. The quantitative estimate of drug-likeness (QED) is 0.235. The van der Waals surface area contributed by atoms with Gasteiger partial charge in [0.2, 0.25) is 0 Å². The van der Waals surface area contributed by atoms with Crippen LogP contribution in [0.4, 0.5) is 4.39 Å². The number of nitrogens with zero attached hydrogens (tertiary/aromatic N) is 1. The SMILES string of the molecule is COc1ccc(/C(O)=C2/C(=O)C(=O)N(CCc3ccc(F)cc3)C2c2ccc(OC(C)C)cc2)cc1OC. The lowest BCUT2D eigenvalue weighted by Gasteiger charge is -2.25. The first-order chi connectivity index (χ1) is 18.2. The highest BCUT2D eigenvalue weighted by molar-refractivity contribution is 6.46. The molecule has 1 N–H and O–H groups in total. The number of amides is 1. The van der Waals surface area contributed by atoms with E-state index in [4.69, 9.17) is 14.2 Å². The van der Waals surface area contributed by atoms with Crippen LogP contribution in [0.5, 0.6) is 17.2 Å². The Bertz CT molecular complexity index is 1350. The Balaban J connectivity index is 1.78. The summed E-state index contributed by atoms with van der Waals surface area (Å²) in [6, 6.07) is 17.0. The zero-order chi connectivity index (χ0) is 27.4. The number of aliphatic hydroxyl groups is 1. The van der Waals surface area contributed by atoms with Crippen LogP contribution in [0, 0.1) is 5.82 Å². The van der Waals surface area contributed by atoms with Crippen LogP contribution < -0.4 is 14.2 Å². The van der Waals surface area contributed by atoms with Crippen molar-refractivity contribution in [1.29, 1.82) is 0 Å². The third-order valence-electron chi connectivity index (χ3n) is 6.32. The van der Waals surface area contributed by atoms with E-state index < -0.39 is 17.7 Å². The molecule has 1 saturated heterocycles. The van der Waals surface area contributed by atoms with E-state index in [9.17, 15) is 19.1 Å². The van der Waals surface area contributed by atoms with E-state index in [0.29, 0.717) is 34.8 Å².